The standard InChI is InChI=1S/C12H10ClN3O3S/c13-7-1-3-8(4-2-7)19-5-10(17)16-12-15-9(6-20-12)11(14)18/h1-4,6H,5H2,(H2,14,18)(H,15,16,17). The second-order valence-electron chi connectivity index (χ2n) is 3.69. The number of aromatic nitrogens is 1. The summed E-state index contributed by atoms with van der Waals surface area (Å²) in [5, 5.41) is 4.86. The van der Waals surface area contributed by atoms with Gasteiger partial charge in [-0.1, -0.05) is 11.6 Å². The van der Waals surface area contributed by atoms with Gasteiger partial charge in [0.2, 0.25) is 0 Å². The van der Waals surface area contributed by atoms with Crippen molar-refractivity contribution in [1.82, 2.24) is 4.98 Å². The molecule has 0 aliphatic carbocycles. The van der Waals surface area contributed by atoms with E-state index >= 15 is 0 Å². The number of hydrogen-bond donors (Lipinski definition) is 2. The number of thiazole rings is 1. The van der Waals surface area contributed by atoms with Crippen molar-refractivity contribution in [3.8, 4) is 5.75 Å². The van der Waals surface area contributed by atoms with E-state index in [4.69, 9.17) is 22.1 Å². The lowest BCUT2D eigenvalue weighted by atomic mass is 10.3. The summed E-state index contributed by atoms with van der Waals surface area (Å²) in [6, 6.07) is 6.64. The van der Waals surface area contributed by atoms with Gasteiger partial charge < -0.3 is 10.5 Å². The van der Waals surface area contributed by atoms with Crippen LogP contribution < -0.4 is 15.8 Å². The zero-order chi connectivity index (χ0) is 14.5. The van der Waals surface area contributed by atoms with Crippen LogP contribution in [0, 0.1) is 0 Å². The Labute approximate surface area is 123 Å². The minimum absolute atomic E-state index is 0.115. The fraction of sp³-hybridized carbons (Fsp3) is 0.0833. The van der Waals surface area contributed by atoms with Crippen LogP contribution in [0.4, 0.5) is 5.13 Å². The van der Waals surface area contributed by atoms with Gasteiger partial charge in [0.15, 0.2) is 11.7 Å². The minimum Gasteiger partial charge on any atom is -0.484 e. The molecule has 0 radical (unpaired) electrons. The Morgan fingerprint density at radius 2 is 2.05 bits per heavy atom. The molecule has 2 amide bonds. The molecule has 0 fully saturated rings. The van der Waals surface area contributed by atoms with Crippen LogP contribution in [0.1, 0.15) is 10.5 Å². The summed E-state index contributed by atoms with van der Waals surface area (Å²) < 4.78 is 5.26. The molecule has 6 nitrogen and oxygen atoms in total. The molecule has 3 N–H and O–H groups in total. The second-order valence-corrected chi connectivity index (χ2v) is 4.99. The fourth-order valence-corrected chi connectivity index (χ4v) is 2.12. The average Bonchev–Trinajstić information content (AvgIpc) is 2.87. The molecular formula is C12H10ClN3O3S. The Bertz CT molecular complexity index is 627. The van der Waals surface area contributed by atoms with E-state index in [0.29, 0.717) is 15.9 Å². The number of primary amides is 1. The van der Waals surface area contributed by atoms with Crippen molar-refractivity contribution in [2.24, 2.45) is 5.73 Å². The molecule has 1 heterocycles. The van der Waals surface area contributed by atoms with Gasteiger partial charge in [0, 0.05) is 10.4 Å². The van der Waals surface area contributed by atoms with E-state index in [1.54, 1.807) is 24.3 Å². The van der Waals surface area contributed by atoms with Crippen LogP contribution in [0.3, 0.4) is 0 Å². The second kappa shape index (κ2) is 6.36. The lowest BCUT2D eigenvalue weighted by molar-refractivity contribution is -0.118. The number of carbonyl (C=O) groups excluding carboxylic acids is 2. The van der Waals surface area contributed by atoms with E-state index < -0.39 is 5.91 Å². The molecule has 0 bridgehead atoms. The first-order valence-corrected chi connectivity index (χ1v) is 6.74. The van der Waals surface area contributed by atoms with Gasteiger partial charge in [-0.3, -0.25) is 14.9 Å². The Balaban J connectivity index is 1.85. The van der Waals surface area contributed by atoms with Gasteiger partial charge in [0.25, 0.3) is 11.8 Å². The van der Waals surface area contributed by atoms with Crippen molar-refractivity contribution >= 4 is 39.9 Å². The van der Waals surface area contributed by atoms with Gasteiger partial charge >= 0.3 is 0 Å². The first-order valence-electron chi connectivity index (χ1n) is 5.48. The largest absolute Gasteiger partial charge is 0.484 e. The van der Waals surface area contributed by atoms with Crippen molar-refractivity contribution in [3.05, 3.63) is 40.4 Å². The van der Waals surface area contributed by atoms with Crippen LogP contribution >= 0.6 is 22.9 Å². The third kappa shape index (κ3) is 3.94. The van der Waals surface area contributed by atoms with Crippen LogP contribution in [0.5, 0.6) is 5.75 Å². The summed E-state index contributed by atoms with van der Waals surface area (Å²) in [5.74, 6) is -0.494. The van der Waals surface area contributed by atoms with E-state index in [9.17, 15) is 9.59 Å². The number of rotatable bonds is 5. The number of nitrogens with one attached hydrogen (secondary N) is 1. The smallest absolute Gasteiger partial charge is 0.268 e. The lowest BCUT2D eigenvalue weighted by Gasteiger charge is -2.05. The molecule has 0 saturated carbocycles. The summed E-state index contributed by atoms with van der Waals surface area (Å²) in [7, 11) is 0. The van der Waals surface area contributed by atoms with Gasteiger partial charge in [-0.2, -0.15) is 0 Å². The maximum absolute atomic E-state index is 11.6. The molecule has 0 spiro atoms. The Hall–Kier alpha value is -2.12. The lowest BCUT2D eigenvalue weighted by Crippen LogP contribution is -2.20. The number of nitrogens with two attached hydrogens (primary N) is 1. The van der Waals surface area contributed by atoms with Crippen molar-refractivity contribution in [1.29, 1.82) is 0 Å². The van der Waals surface area contributed by atoms with Crippen LogP contribution in [-0.2, 0) is 4.79 Å². The van der Waals surface area contributed by atoms with Gasteiger partial charge in [0.05, 0.1) is 0 Å². The third-order valence-electron chi connectivity index (χ3n) is 2.19. The van der Waals surface area contributed by atoms with Crippen LogP contribution in [-0.4, -0.2) is 23.4 Å². The molecule has 0 aliphatic rings. The van der Waals surface area contributed by atoms with E-state index in [2.05, 4.69) is 10.3 Å². The average molecular weight is 312 g/mol. The summed E-state index contributed by atoms with van der Waals surface area (Å²) in [6.45, 7) is -0.173. The molecule has 8 heteroatoms. The van der Waals surface area contributed by atoms with E-state index in [0.717, 1.165) is 11.3 Å². The molecular weight excluding hydrogens is 302 g/mol. The van der Waals surface area contributed by atoms with Crippen molar-refractivity contribution in [3.63, 3.8) is 0 Å². The number of nitrogens with zero attached hydrogens (tertiary/aromatic N) is 1. The summed E-state index contributed by atoms with van der Waals surface area (Å²) >= 11 is 6.84. The first-order chi connectivity index (χ1) is 9.54. The minimum atomic E-state index is -0.640. The summed E-state index contributed by atoms with van der Waals surface area (Å²) in [4.78, 5) is 26.3. The number of halogens is 1. The normalized spacial score (nSPS) is 10.1. The van der Waals surface area contributed by atoms with Gasteiger partial charge in [0.1, 0.15) is 11.4 Å². The highest BCUT2D eigenvalue weighted by atomic mass is 35.5. The summed E-state index contributed by atoms with van der Waals surface area (Å²) in [6.07, 6.45) is 0. The highest BCUT2D eigenvalue weighted by Gasteiger charge is 2.10. The quantitative estimate of drug-likeness (QED) is 0.882. The number of carbonyl (C=O) groups is 2. The van der Waals surface area contributed by atoms with Crippen molar-refractivity contribution < 1.29 is 14.3 Å². The first kappa shape index (κ1) is 14.3. The Morgan fingerprint density at radius 3 is 2.65 bits per heavy atom. The van der Waals surface area contributed by atoms with Crippen LogP contribution in [0.15, 0.2) is 29.6 Å². The number of ether oxygens (including phenoxy) is 1. The SMILES string of the molecule is NC(=O)c1csc(NC(=O)COc2ccc(Cl)cc2)n1. The van der Waals surface area contributed by atoms with Crippen molar-refractivity contribution in [2.45, 2.75) is 0 Å². The molecule has 2 aromatic rings. The maximum Gasteiger partial charge on any atom is 0.268 e. The number of hydrogen-bond acceptors (Lipinski definition) is 5. The Kier molecular flexibility index (Phi) is 4.54. The molecule has 20 heavy (non-hydrogen) atoms. The predicted octanol–water partition coefficient (Wildman–Crippen LogP) is 1.91. The molecule has 2 rings (SSSR count). The monoisotopic (exact) mass is 311 g/mol. The molecule has 0 saturated heterocycles. The maximum atomic E-state index is 11.6. The Morgan fingerprint density at radius 1 is 1.35 bits per heavy atom. The molecule has 0 unspecified atom stereocenters. The predicted molar refractivity (Wildman–Crippen MR) is 76.2 cm³/mol. The highest BCUT2D eigenvalue weighted by molar-refractivity contribution is 7.14. The number of amides is 2. The van der Waals surface area contributed by atoms with Crippen LogP contribution in [0.25, 0.3) is 0 Å². The number of anilines is 1. The van der Waals surface area contributed by atoms with E-state index in [1.807, 2.05) is 0 Å². The summed E-state index contributed by atoms with van der Waals surface area (Å²) in [5.41, 5.74) is 5.18. The van der Waals surface area contributed by atoms with Crippen molar-refractivity contribution in [2.75, 3.05) is 11.9 Å². The molecule has 0 atom stereocenters. The van der Waals surface area contributed by atoms with E-state index in [-0.39, 0.29) is 18.2 Å². The van der Waals surface area contributed by atoms with Gasteiger partial charge in [-0.05, 0) is 24.3 Å². The third-order valence-corrected chi connectivity index (χ3v) is 3.20. The molecule has 0 aliphatic heterocycles. The molecule has 104 valence electrons. The molecule has 1 aromatic heterocycles. The molecule has 1 aromatic carbocycles. The number of benzene rings is 1. The van der Waals surface area contributed by atoms with Gasteiger partial charge in [-0.25, -0.2) is 4.98 Å². The van der Waals surface area contributed by atoms with Gasteiger partial charge in [-0.15, -0.1) is 11.3 Å². The van der Waals surface area contributed by atoms with E-state index in [1.165, 1.54) is 5.38 Å². The zero-order valence-corrected chi connectivity index (χ0v) is 11.7. The zero-order valence-electron chi connectivity index (χ0n) is 10.1. The topological polar surface area (TPSA) is 94.3 Å². The van der Waals surface area contributed by atoms with Crippen LogP contribution in [0.2, 0.25) is 5.02 Å². The fourth-order valence-electron chi connectivity index (χ4n) is 1.28. The highest BCUT2D eigenvalue weighted by Crippen LogP contribution is 2.16.